The van der Waals surface area contributed by atoms with Gasteiger partial charge in [0.1, 0.15) is 11.5 Å². The van der Waals surface area contributed by atoms with E-state index in [1.165, 1.54) is 20.7 Å². The third-order valence-electron chi connectivity index (χ3n) is 6.56. The number of imidazole rings is 1. The van der Waals surface area contributed by atoms with Crippen LogP contribution >= 0.6 is 11.6 Å². The topological polar surface area (TPSA) is 145 Å². The summed E-state index contributed by atoms with van der Waals surface area (Å²) in [7, 11) is -6.95. The van der Waals surface area contributed by atoms with E-state index < -0.39 is 31.8 Å². The molecule has 36 heavy (non-hydrogen) atoms. The zero-order chi connectivity index (χ0) is 26.3. The highest BCUT2D eigenvalue weighted by Gasteiger charge is 2.37. The Hall–Kier alpha value is -2.13. The first-order valence-electron chi connectivity index (χ1n) is 11.4. The summed E-state index contributed by atoms with van der Waals surface area (Å²) in [4.78, 5) is 23.7. The zero-order valence-corrected chi connectivity index (χ0v) is 22.2. The highest BCUT2D eigenvalue weighted by atomic mass is 35.5. The Morgan fingerprint density at radius 3 is 2.56 bits per heavy atom. The summed E-state index contributed by atoms with van der Waals surface area (Å²) < 4.78 is 64.4. The van der Waals surface area contributed by atoms with E-state index in [4.69, 9.17) is 11.6 Å². The van der Waals surface area contributed by atoms with Gasteiger partial charge < -0.3 is 10.3 Å². The van der Waals surface area contributed by atoms with Crippen LogP contribution < -0.4 is 5.32 Å². The number of aromatic nitrogens is 3. The van der Waals surface area contributed by atoms with Crippen molar-refractivity contribution in [2.45, 2.75) is 31.7 Å². The van der Waals surface area contributed by atoms with Gasteiger partial charge in [0.15, 0.2) is 11.0 Å². The molecule has 15 heteroatoms. The van der Waals surface area contributed by atoms with Crippen LogP contribution in [0.3, 0.4) is 0 Å². The number of carbonyl (C=O) groups is 1. The van der Waals surface area contributed by atoms with Crippen molar-refractivity contribution in [3.05, 3.63) is 35.0 Å². The largest absolute Gasteiger partial charge is 0.351 e. The maximum Gasteiger partial charge on any atom is 0.221 e. The van der Waals surface area contributed by atoms with E-state index in [9.17, 15) is 26.0 Å². The first kappa shape index (κ1) is 26.9. The van der Waals surface area contributed by atoms with Crippen molar-refractivity contribution in [1.82, 2.24) is 28.9 Å². The number of pyridine rings is 1. The first-order valence-corrected chi connectivity index (χ1v) is 15.3. The highest BCUT2D eigenvalue weighted by molar-refractivity contribution is 7.89. The quantitative estimate of drug-likeness (QED) is 0.491. The molecule has 4 rings (SSSR count). The van der Waals surface area contributed by atoms with Gasteiger partial charge in [-0.2, -0.15) is 4.31 Å². The van der Waals surface area contributed by atoms with Gasteiger partial charge in [0.05, 0.1) is 29.9 Å². The van der Waals surface area contributed by atoms with Crippen molar-refractivity contribution in [3.8, 4) is 11.5 Å². The van der Waals surface area contributed by atoms with Gasteiger partial charge in [0.25, 0.3) is 0 Å². The number of nitrogens with one attached hydrogen (secondary N) is 2. The maximum atomic E-state index is 13.2. The fourth-order valence-corrected chi connectivity index (χ4v) is 7.21. The molecule has 0 spiro atoms. The molecule has 0 bridgehead atoms. The van der Waals surface area contributed by atoms with Crippen LogP contribution in [0.2, 0.25) is 5.15 Å². The summed E-state index contributed by atoms with van der Waals surface area (Å²) in [5.74, 6) is -0.945. The summed E-state index contributed by atoms with van der Waals surface area (Å²) in [5.41, 5.74) is 1.13. The molecule has 0 radical (unpaired) electrons. The molecule has 0 unspecified atom stereocenters. The molecule has 0 aliphatic carbocycles. The van der Waals surface area contributed by atoms with Crippen molar-refractivity contribution in [1.29, 1.82) is 0 Å². The number of piperidine rings is 1. The van der Waals surface area contributed by atoms with Gasteiger partial charge in [0, 0.05) is 38.5 Å². The second-order valence-electron chi connectivity index (χ2n) is 9.29. The van der Waals surface area contributed by atoms with Crippen LogP contribution in [0, 0.1) is 11.7 Å². The number of amides is 1. The van der Waals surface area contributed by atoms with E-state index >= 15 is 0 Å². The molecule has 2 aromatic rings. The molecule has 198 valence electrons. The van der Waals surface area contributed by atoms with E-state index in [1.807, 2.05) is 6.92 Å². The number of halogens is 2. The molecule has 0 saturated carbocycles. The lowest BCUT2D eigenvalue weighted by Crippen LogP contribution is -2.60. The molecule has 2 saturated heterocycles. The van der Waals surface area contributed by atoms with Gasteiger partial charge >= 0.3 is 0 Å². The number of rotatable bonds is 8. The van der Waals surface area contributed by atoms with E-state index in [0.29, 0.717) is 23.6 Å². The van der Waals surface area contributed by atoms with Crippen molar-refractivity contribution in [2.24, 2.45) is 5.92 Å². The lowest BCUT2D eigenvalue weighted by Gasteiger charge is -2.37. The van der Waals surface area contributed by atoms with Gasteiger partial charge in [-0.1, -0.05) is 18.5 Å². The monoisotopic (exact) mass is 562 g/mol. The number of carbonyl (C=O) groups excluding carboxylic acids is 1. The van der Waals surface area contributed by atoms with Gasteiger partial charge in [-0.15, -0.1) is 0 Å². The van der Waals surface area contributed by atoms with E-state index in [2.05, 4.69) is 20.3 Å². The minimum absolute atomic E-state index is 0.0645. The first-order chi connectivity index (χ1) is 16.8. The van der Waals surface area contributed by atoms with Gasteiger partial charge in [-0.3, -0.25) is 4.79 Å². The minimum Gasteiger partial charge on any atom is -0.351 e. The summed E-state index contributed by atoms with van der Waals surface area (Å²) in [5, 5.41) is 2.95. The smallest absolute Gasteiger partial charge is 0.221 e. The molecular formula is C21H28ClFN6O5S2. The molecule has 2 fully saturated rings. The van der Waals surface area contributed by atoms with Crippen LogP contribution in [0.15, 0.2) is 18.3 Å². The molecule has 2 aliphatic rings. The fraction of sp³-hybridized carbons (Fsp3) is 0.571. The molecule has 2 aliphatic heterocycles. The van der Waals surface area contributed by atoms with Gasteiger partial charge in [0.2, 0.25) is 26.0 Å². The van der Waals surface area contributed by atoms with E-state index in [0.717, 1.165) is 12.5 Å². The minimum atomic E-state index is -3.67. The van der Waals surface area contributed by atoms with Crippen molar-refractivity contribution >= 4 is 37.6 Å². The number of aromatic amines is 1. The molecule has 0 aromatic carbocycles. The predicted molar refractivity (Wildman–Crippen MR) is 132 cm³/mol. The molecule has 11 nitrogen and oxygen atoms in total. The Balaban J connectivity index is 1.31. The number of hydrogen-bond donors (Lipinski definition) is 2. The summed E-state index contributed by atoms with van der Waals surface area (Å²) in [6.07, 6.45) is 2.50. The van der Waals surface area contributed by atoms with E-state index in [-0.39, 0.29) is 61.4 Å². The number of sulfonamides is 2. The lowest BCUT2D eigenvalue weighted by molar-refractivity contribution is -0.122. The Kier molecular flexibility index (Phi) is 7.72. The van der Waals surface area contributed by atoms with Crippen molar-refractivity contribution < 1.29 is 26.0 Å². The Labute approximate surface area is 214 Å². The highest BCUT2D eigenvalue weighted by Crippen LogP contribution is 2.37. The van der Waals surface area contributed by atoms with Crippen LogP contribution in [-0.2, 0) is 24.8 Å². The summed E-state index contributed by atoms with van der Waals surface area (Å²) in [6.45, 7) is 2.84. The van der Waals surface area contributed by atoms with Crippen LogP contribution in [0.4, 0.5) is 4.39 Å². The molecule has 2 N–H and O–H groups in total. The van der Waals surface area contributed by atoms with Crippen LogP contribution in [0.25, 0.3) is 11.5 Å². The van der Waals surface area contributed by atoms with Crippen LogP contribution in [-0.4, -0.2) is 90.5 Å². The zero-order valence-electron chi connectivity index (χ0n) is 19.8. The Bertz CT molecular complexity index is 1330. The summed E-state index contributed by atoms with van der Waals surface area (Å²) in [6, 6.07) is 2.47. The molecule has 2 atom stereocenters. The van der Waals surface area contributed by atoms with Crippen molar-refractivity contribution in [3.63, 3.8) is 0 Å². The average Bonchev–Trinajstić information content (AvgIpc) is 3.15. The Morgan fingerprint density at radius 1 is 1.22 bits per heavy atom. The SMILES string of the molecule is C[C@H]1CN(S(=O)(=O)CCC(=O)NC2CN(S(C)(=O)=O)C2)CC[C@H]1c1[nH]c(-c2ccc(F)cn2)nc1Cl. The maximum absolute atomic E-state index is 13.2. The van der Waals surface area contributed by atoms with Gasteiger partial charge in [-0.25, -0.2) is 35.5 Å². The number of H-pyrrole nitrogens is 1. The van der Waals surface area contributed by atoms with Crippen LogP contribution in [0.5, 0.6) is 0 Å². The molecular weight excluding hydrogens is 535 g/mol. The summed E-state index contributed by atoms with van der Waals surface area (Å²) >= 11 is 6.37. The Morgan fingerprint density at radius 2 is 1.94 bits per heavy atom. The average molecular weight is 563 g/mol. The molecule has 1 amide bonds. The van der Waals surface area contributed by atoms with Gasteiger partial charge in [-0.05, 0) is 24.5 Å². The number of nitrogens with zero attached hydrogens (tertiary/aromatic N) is 4. The fourth-order valence-electron chi connectivity index (χ4n) is 4.49. The van der Waals surface area contributed by atoms with Crippen molar-refractivity contribution in [2.75, 3.05) is 38.2 Å². The molecule has 4 heterocycles. The third kappa shape index (κ3) is 6.05. The lowest BCUT2D eigenvalue weighted by atomic mass is 9.86. The second kappa shape index (κ2) is 10.3. The van der Waals surface area contributed by atoms with E-state index in [1.54, 1.807) is 0 Å². The second-order valence-corrected chi connectivity index (χ2v) is 13.7. The molecule has 2 aromatic heterocycles. The normalized spacial score (nSPS) is 22.3. The predicted octanol–water partition coefficient (Wildman–Crippen LogP) is 1.17. The van der Waals surface area contributed by atoms with Crippen LogP contribution in [0.1, 0.15) is 31.4 Å². The standard InChI is InChI=1S/C21H28ClFN6O5S2/c1-13-10-28(36(33,34)8-6-18(30)25-15-11-29(12-15)35(2,31)32)7-5-16(13)19-20(22)27-21(26-19)17-4-3-14(23)9-24-17/h3-4,9,13,15-16H,5-8,10-12H2,1-2H3,(H,25,30)(H,26,27)/t13-,16+/m0/s1. The number of hydrogen-bond acceptors (Lipinski definition) is 7. The third-order valence-corrected chi connectivity index (χ3v) is 9.92.